The van der Waals surface area contributed by atoms with Gasteiger partial charge in [0, 0.05) is 11.9 Å². The van der Waals surface area contributed by atoms with Gasteiger partial charge in [-0.15, -0.1) is 11.3 Å². The first-order valence-corrected chi connectivity index (χ1v) is 5.74. The Labute approximate surface area is 84.4 Å². The lowest BCUT2D eigenvalue weighted by molar-refractivity contribution is 0.633. The molecule has 13 heavy (non-hydrogen) atoms. The molecular weight excluding hydrogens is 180 g/mol. The molecule has 0 aliphatic carbocycles. The summed E-state index contributed by atoms with van der Waals surface area (Å²) in [6.45, 7) is 8.49. The molecule has 1 aromatic rings. The summed E-state index contributed by atoms with van der Waals surface area (Å²) in [7, 11) is 0. The number of nitrogens with one attached hydrogen (secondary N) is 1. The Bertz CT molecular complexity index is 243. The highest BCUT2D eigenvalue weighted by atomic mass is 32.1. The van der Waals surface area contributed by atoms with E-state index in [0.717, 1.165) is 19.5 Å². The average Bonchev–Trinajstić information content (AvgIpc) is 2.48. The second kappa shape index (κ2) is 5.35. The van der Waals surface area contributed by atoms with E-state index in [-0.39, 0.29) is 0 Å². The zero-order chi connectivity index (χ0) is 9.68. The van der Waals surface area contributed by atoms with E-state index in [1.165, 1.54) is 10.7 Å². The van der Waals surface area contributed by atoms with Crippen LogP contribution in [-0.4, -0.2) is 11.5 Å². The molecule has 0 saturated carbocycles. The van der Waals surface area contributed by atoms with E-state index in [4.69, 9.17) is 0 Å². The third kappa shape index (κ3) is 3.87. The highest BCUT2D eigenvalue weighted by Crippen LogP contribution is 2.12. The number of rotatable bonds is 5. The Morgan fingerprint density at radius 3 is 2.92 bits per heavy atom. The van der Waals surface area contributed by atoms with Crippen LogP contribution in [0.5, 0.6) is 0 Å². The highest BCUT2D eigenvalue weighted by Gasteiger charge is 2.03. The molecule has 0 radical (unpaired) electrons. The van der Waals surface area contributed by atoms with Crippen LogP contribution in [0.15, 0.2) is 5.38 Å². The van der Waals surface area contributed by atoms with Crippen molar-refractivity contribution in [2.45, 2.75) is 33.7 Å². The fourth-order valence-electron chi connectivity index (χ4n) is 1.17. The van der Waals surface area contributed by atoms with E-state index in [1.807, 2.05) is 0 Å². The van der Waals surface area contributed by atoms with Gasteiger partial charge in [0.15, 0.2) is 0 Å². The molecule has 3 heteroatoms. The molecule has 1 heterocycles. The molecule has 2 nitrogen and oxygen atoms in total. The van der Waals surface area contributed by atoms with Crippen LogP contribution < -0.4 is 5.32 Å². The summed E-state index contributed by atoms with van der Waals surface area (Å²) < 4.78 is 0. The number of hydrogen-bond donors (Lipinski definition) is 1. The largest absolute Gasteiger partial charge is 0.311 e. The van der Waals surface area contributed by atoms with E-state index in [0.29, 0.717) is 5.92 Å². The van der Waals surface area contributed by atoms with E-state index in [9.17, 15) is 0 Å². The number of hydrogen-bond acceptors (Lipinski definition) is 3. The zero-order valence-corrected chi connectivity index (χ0v) is 9.45. The summed E-state index contributed by atoms with van der Waals surface area (Å²) in [6.07, 6.45) is 1.10. The van der Waals surface area contributed by atoms with E-state index >= 15 is 0 Å². The predicted molar refractivity (Wildman–Crippen MR) is 58.0 cm³/mol. The van der Waals surface area contributed by atoms with Gasteiger partial charge in [0.05, 0.1) is 5.69 Å². The molecular formula is C10H18N2S. The van der Waals surface area contributed by atoms with E-state index in [2.05, 4.69) is 36.5 Å². The van der Waals surface area contributed by atoms with Crippen LogP contribution >= 0.6 is 11.3 Å². The lowest BCUT2D eigenvalue weighted by Crippen LogP contribution is -2.11. The molecule has 0 aliphatic rings. The second-order valence-electron chi connectivity index (χ2n) is 3.61. The molecule has 1 aromatic heterocycles. The normalized spacial score (nSPS) is 11.1. The van der Waals surface area contributed by atoms with Gasteiger partial charge in [-0.25, -0.2) is 4.98 Å². The standard InChI is InChI=1S/C10H18N2S/c1-4-11-6-10-12-9(7-13-10)5-8(2)3/h7-8,11H,4-6H2,1-3H3. The maximum atomic E-state index is 4.54. The van der Waals surface area contributed by atoms with E-state index in [1.54, 1.807) is 11.3 Å². The number of nitrogens with zero attached hydrogens (tertiary/aromatic N) is 1. The smallest absolute Gasteiger partial charge is 0.107 e. The minimum absolute atomic E-state index is 0.703. The Hall–Kier alpha value is -0.410. The predicted octanol–water partition coefficient (Wildman–Crippen LogP) is 2.45. The number of aromatic nitrogens is 1. The van der Waals surface area contributed by atoms with Gasteiger partial charge in [-0.3, -0.25) is 0 Å². The van der Waals surface area contributed by atoms with Crippen molar-refractivity contribution in [2.75, 3.05) is 6.54 Å². The van der Waals surface area contributed by atoms with Crippen LogP contribution in [0.4, 0.5) is 0 Å². The Morgan fingerprint density at radius 2 is 2.31 bits per heavy atom. The molecule has 0 spiro atoms. The molecule has 0 bridgehead atoms. The van der Waals surface area contributed by atoms with Gasteiger partial charge < -0.3 is 5.32 Å². The van der Waals surface area contributed by atoms with Crippen LogP contribution in [0.3, 0.4) is 0 Å². The highest BCUT2D eigenvalue weighted by molar-refractivity contribution is 7.09. The molecule has 1 N–H and O–H groups in total. The minimum atomic E-state index is 0.703. The zero-order valence-electron chi connectivity index (χ0n) is 8.63. The van der Waals surface area contributed by atoms with Crippen LogP contribution in [0.2, 0.25) is 0 Å². The van der Waals surface area contributed by atoms with Crippen molar-refractivity contribution in [3.05, 3.63) is 16.1 Å². The lowest BCUT2D eigenvalue weighted by atomic mass is 10.1. The maximum Gasteiger partial charge on any atom is 0.107 e. The monoisotopic (exact) mass is 198 g/mol. The lowest BCUT2D eigenvalue weighted by Gasteiger charge is -1.99. The summed E-state index contributed by atoms with van der Waals surface area (Å²) >= 11 is 1.76. The van der Waals surface area contributed by atoms with Crippen molar-refractivity contribution in [1.29, 1.82) is 0 Å². The van der Waals surface area contributed by atoms with Gasteiger partial charge in [-0.2, -0.15) is 0 Å². The van der Waals surface area contributed by atoms with E-state index < -0.39 is 0 Å². The molecule has 1 rings (SSSR count). The van der Waals surface area contributed by atoms with Gasteiger partial charge in [0.1, 0.15) is 5.01 Å². The van der Waals surface area contributed by atoms with Crippen molar-refractivity contribution in [2.24, 2.45) is 5.92 Å². The van der Waals surface area contributed by atoms with Gasteiger partial charge >= 0.3 is 0 Å². The summed E-state index contributed by atoms with van der Waals surface area (Å²) in [5.41, 5.74) is 1.24. The molecule has 0 saturated heterocycles. The van der Waals surface area contributed by atoms with Crippen LogP contribution in [0, 0.1) is 5.92 Å². The molecule has 0 unspecified atom stereocenters. The van der Waals surface area contributed by atoms with Crippen molar-refractivity contribution in [3.63, 3.8) is 0 Å². The molecule has 0 aromatic carbocycles. The van der Waals surface area contributed by atoms with Gasteiger partial charge in [-0.1, -0.05) is 20.8 Å². The Kier molecular flexibility index (Phi) is 4.39. The fraction of sp³-hybridized carbons (Fsp3) is 0.700. The molecule has 0 fully saturated rings. The fourth-order valence-corrected chi connectivity index (χ4v) is 1.95. The van der Waals surface area contributed by atoms with Gasteiger partial charge in [0.25, 0.3) is 0 Å². The Morgan fingerprint density at radius 1 is 1.54 bits per heavy atom. The first-order valence-electron chi connectivity index (χ1n) is 4.86. The minimum Gasteiger partial charge on any atom is -0.311 e. The van der Waals surface area contributed by atoms with Gasteiger partial charge in [0.2, 0.25) is 0 Å². The third-order valence-electron chi connectivity index (χ3n) is 1.74. The summed E-state index contributed by atoms with van der Waals surface area (Å²) in [6, 6.07) is 0. The van der Waals surface area contributed by atoms with Crippen LogP contribution in [0.25, 0.3) is 0 Å². The van der Waals surface area contributed by atoms with Gasteiger partial charge in [-0.05, 0) is 18.9 Å². The molecule has 0 amide bonds. The maximum absolute atomic E-state index is 4.54. The molecule has 0 atom stereocenters. The number of thiazole rings is 1. The second-order valence-corrected chi connectivity index (χ2v) is 4.55. The van der Waals surface area contributed by atoms with Crippen molar-refractivity contribution in [1.82, 2.24) is 10.3 Å². The Balaban J connectivity index is 2.44. The summed E-state index contributed by atoms with van der Waals surface area (Å²) in [5.74, 6) is 0.703. The first-order chi connectivity index (χ1) is 6.22. The summed E-state index contributed by atoms with van der Waals surface area (Å²) in [4.78, 5) is 4.54. The van der Waals surface area contributed by atoms with Crippen LogP contribution in [-0.2, 0) is 13.0 Å². The quantitative estimate of drug-likeness (QED) is 0.786. The summed E-state index contributed by atoms with van der Waals surface area (Å²) in [5, 5.41) is 6.66. The molecule has 0 aliphatic heterocycles. The van der Waals surface area contributed by atoms with Crippen LogP contribution in [0.1, 0.15) is 31.5 Å². The first kappa shape index (κ1) is 10.7. The third-order valence-corrected chi connectivity index (χ3v) is 2.64. The van der Waals surface area contributed by atoms with Crippen molar-refractivity contribution >= 4 is 11.3 Å². The average molecular weight is 198 g/mol. The van der Waals surface area contributed by atoms with Crippen molar-refractivity contribution < 1.29 is 0 Å². The molecule has 74 valence electrons. The SMILES string of the molecule is CCNCc1nc(CC(C)C)cs1. The van der Waals surface area contributed by atoms with Crippen molar-refractivity contribution in [3.8, 4) is 0 Å². The topological polar surface area (TPSA) is 24.9 Å².